The Bertz CT molecular complexity index is 2440. The van der Waals surface area contributed by atoms with E-state index in [4.69, 9.17) is 19.4 Å². The minimum Gasteiger partial charge on any atom is -0.456 e. The van der Waals surface area contributed by atoms with Crippen molar-refractivity contribution in [2.45, 2.75) is 12.8 Å². The molecule has 0 bridgehead atoms. The van der Waals surface area contributed by atoms with E-state index in [-0.39, 0.29) is 0 Å². The molecule has 45 heavy (non-hydrogen) atoms. The number of allylic oxidation sites excluding steroid dienone is 1. The summed E-state index contributed by atoms with van der Waals surface area (Å²) < 4.78 is 6.20. The first-order chi connectivity index (χ1) is 22.3. The molecule has 0 N–H and O–H groups in total. The average molecular weight is 578 g/mol. The van der Waals surface area contributed by atoms with Crippen molar-refractivity contribution in [1.82, 2.24) is 15.0 Å². The zero-order valence-corrected chi connectivity index (χ0v) is 24.4. The summed E-state index contributed by atoms with van der Waals surface area (Å²) in [4.78, 5) is 15.2. The largest absolute Gasteiger partial charge is 0.456 e. The van der Waals surface area contributed by atoms with Crippen molar-refractivity contribution in [3.8, 4) is 33.9 Å². The van der Waals surface area contributed by atoms with Crippen molar-refractivity contribution in [2.75, 3.05) is 0 Å². The molecule has 212 valence electrons. The molecule has 8 aromatic rings. The molecule has 0 atom stereocenters. The first-order valence-electron chi connectivity index (χ1n) is 15.3. The van der Waals surface area contributed by atoms with Crippen molar-refractivity contribution < 1.29 is 4.42 Å². The maximum Gasteiger partial charge on any atom is 0.164 e. The van der Waals surface area contributed by atoms with Gasteiger partial charge in [-0.2, -0.15) is 0 Å². The number of rotatable bonds is 4. The molecule has 0 radical (unpaired) electrons. The molecule has 0 unspecified atom stereocenters. The van der Waals surface area contributed by atoms with Gasteiger partial charge in [-0.1, -0.05) is 115 Å². The fourth-order valence-electron chi connectivity index (χ4n) is 6.53. The lowest BCUT2D eigenvalue weighted by Gasteiger charge is -2.18. The highest BCUT2D eigenvalue weighted by Crippen LogP contribution is 2.37. The van der Waals surface area contributed by atoms with Gasteiger partial charge in [0.05, 0.1) is 0 Å². The van der Waals surface area contributed by atoms with Gasteiger partial charge in [0.15, 0.2) is 17.5 Å². The number of aryl methyl sites for hydroxylation is 1. The van der Waals surface area contributed by atoms with Crippen LogP contribution in [0.25, 0.3) is 78.3 Å². The van der Waals surface area contributed by atoms with Crippen molar-refractivity contribution in [3.63, 3.8) is 0 Å². The number of benzene rings is 6. The molecule has 4 nitrogen and oxygen atoms in total. The molecule has 9 rings (SSSR count). The van der Waals surface area contributed by atoms with Gasteiger partial charge in [-0.3, -0.25) is 0 Å². The highest BCUT2D eigenvalue weighted by molar-refractivity contribution is 6.11. The summed E-state index contributed by atoms with van der Waals surface area (Å²) >= 11 is 0. The van der Waals surface area contributed by atoms with Gasteiger partial charge in [0.25, 0.3) is 0 Å². The molecular formula is C41H27N3O. The lowest BCUT2D eigenvalue weighted by molar-refractivity contribution is 0.669. The molecule has 1 aliphatic rings. The van der Waals surface area contributed by atoms with E-state index >= 15 is 0 Å². The molecule has 4 heteroatoms. The third-order valence-electron chi connectivity index (χ3n) is 8.82. The number of hydrogen-bond donors (Lipinski definition) is 0. The molecule has 6 aromatic carbocycles. The summed E-state index contributed by atoms with van der Waals surface area (Å²) in [5, 5.41) is 4.59. The van der Waals surface area contributed by atoms with Crippen molar-refractivity contribution in [3.05, 3.63) is 150 Å². The number of aromatic nitrogens is 3. The highest BCUT2D eigenvalue weighted by Gasteiger charge is 2.20. The number of furan rings is 1. The van der Waals surface area contributed by atoms with Crippen LogP contribution < -0.4 is 0 Å². The topological polar surface area (TPSA) is 51.8 Å². The van der Waals surface area contributed by atoms with Crippen LogP contribution in [0.2, 0.25) is 0 Å². The van der Waals surface area contributed by atoms with Crippen molar-refractivity contribution >= 4 is 44.4 Å². The van der Waals surface area contributed by atoms with Crippen LogP contribution in [-0.2, 0) is 6.42 Å². The standard InChI is InChI=1S/C41H27N3O/c1-2-10-27(11-3-1)39-42-40(44-41(43-39)35-14-8-16-37-38(35)34-13-6-7-15-36(34)45-37)33-22-21-31-24-30(19-20-32(31)25-33)29-18-17-26-9-4-5-12-28(26)23-29/h1-20,23-25H,21-22H2. The Hall–Kier alpha value is -5.87. The lowest BCUT2D eigenvalue weighted by atomic mass is 9.89. The Morgan fingerprint density at radius 3 is 2.16 bits per heavy atom. The van der Waals surface area contributed by atoms with Crippen LogP contribution in [0.1, 0.15) is 23.4 Å². The summed E-state index contributed by atoms with van der Waals surface area (Å²) in [6, 6.07) is 46.4. The van der Waals surface area contributed by atoms with Crippen LogP contribution in [0.5, 0.6) is 0 Å². The Balaban J connectivity index is 1.16. The van der Waals surface area contributed by atoms with Crippen LogP contribution in [0.15, 0.2) is 138 Å². The maximum absolute atomic E-state index is 6.20. The summed E-state index contributed by atoms with van der Waals surface area (Å²) in [7, 11) is 0. The molecule has 0 spiro atoms. The van der Waals surface area contributed by atoms with E-state index in [0.29, 0.717) is 17.5 Å². The van der Waals surface area contributed by atoms with E-state index in [0.717, 1.165) is 51.5 Å². The molecule has 0 aliphatic heterocycles. The van der Waals surface area contributed by atoms with Crippen LogP contribution in [-0.4, -0.2) is 15.0 Å². The van der Waals surface area contributed by atoms with Gasteiger partial charge in [-0.25, -0.2) is 15.0 Å². The van der Waals surface area contributed by atoms with Gasteiger partial charge in [-0.15, -0.1) is 0 Å². The summed E-state index contributed by atoms with van der Waals surface area (Å²) in [5.74, 6) is 2.03. The van der Waals surface area contributed by atoms with Crippen molar-refractivity contribution in [1.29, 1.82) is 0 Å². The first-order valence-corrected chi connectivity index (χ1v) is 15.3. The second-order valence-electron chi connectivity index (χ2n) is 11.6. The third kappa shape index (κ3) is 4.50. The van der Waals surface area contributed by atoms with Gasteiger partial charge in [0.1, 0.15) is 11.2 Å². The van der Waals surface area contributed by atoms with Gasteiger partial charge in [-0.05, 0) is 75.7 Å². The first kappa shape index (κ1) is 25.6. The Morgan fingerprint density at radius 1 is 0.489 bits per heavy atom. The van der Waals surface area contributed by atoms with Crippen LogP contribution in [0.4, 0.5) is 0 Å². The van der Waals surface area contributed by atoms with Gasteiger partial charge < -0.3 is 4.42 Å². The van der Waals surface area contributed by atoms with Crippen LogP contribution in [0.3, 0.4) is 0 Å². The zero-order chi connectivity index (χ0) is 29.7. The minimum atomic E-state index is 0.648. The monoisotopic (exact) mass is 577 g/mol. The Labute approximate surface area is 260 Å². The van der Waals surface area contributed by atoms with Crippen molar-refractivity contribution in [2.24, 2.45) is 0 Å². The normalized spacial score (nSPS) is 12.8. The van der Waals surface area contributed by atoms with E-state index in [1.165, 1.54) is 33.0 Å². The Kier molecular flexibility index (Phi) is 5.91. The summed E-state index contributed by atoms with van der Waals surface area (Å²) in [6.07, 6.45) is 4.03. The van der Waals surface area contributed by atoms with E-state index in [9.17, 15) is 0 Å². The summed E-state index contributed by atoms with van der Waals surface area (Å²) in [5.41, 5.74) is 9.73. The second kappa shape index (κ2) is 10.4. The molecule has 0 fully saturated rings. The smallest absolute Gasteiger partial charge is 0.164 e. The number of nitrogens with zero attached hydrogens (tertiary/aromatic N) is 3. The van der Waals surface area contributed by atoms with Crippen LogP contribution >= 0.6 is 0 Å². The third-order valence-corrected chi connectivity index (χ3v) is 8.82. The average Bonchev–Trinajstić information content (AvgIpc) is 3.50. The molecule has 1 aliphatic carbocycles. The summed E-state index contributed by atoms with van der Waals surface area (Å²) in [6.45, 7) is 0. The molecular weight excluding hydrogens is 550 g/mol. The van der Waals surface area contributed by atoms with Crippen LogP contribution in [0, 0.1) is 0 Å². The van der Waals surface area contributed by atoms with E-state index in [2.05, 4.69) is 91.0 Å². The number of para-hydroxylation sites is 1. The number of hydrogen-bond acceptors (Lipinski definition) is 4. The minimum absolute atomic E-state index is 0.648. The van der Waals surface area contributed by atoms with Gasteiger partial charge >= 0.3 is 0 Å². The second-order valence-corrected chi connectivity index (χ2v) is 11.6. The molecule has 2 heterocycles. The van der Waals surface area contributed by atoms with E-state index in [1.807, 2.05) is 48.5 Å². The number of fused-ring (bicyclic) bond motifs is 5. The Morgan fingerprint density at radius 2 is 1.22 bits per heavy atom. The van der Waals surface area contributed by atoms with Gasteiger partial charge in [0.2, 0.25) is 0 Å². The molecule has 0 saturated carbocycles. The van der Waals surface area contributed by atoms with E-state index < -0.39 is 0 Å². The molecule has 2 aromatic heterocycles. The maximum atomic E-state index is 6.20. The fraction of sp³-hybridized carbons (Fsp3) is 0.0488. The van der Waals surface area contributed by atoms with E-state index in [1.54, 1.807) is 0 Å². The SMILES string of the molecule is C1=C(c2nc(-c3ccccc3)nc(-c3cccc4oc5ccccc5c34)n2)CCc2cc(-c3ccc4ccccc4c3)ccc21. The quantitative estimate of drug-likeness (QED) is 0.209. The molecule has 0 amide bonds. The molecule has 0 saturated heterocycles. The van der Waals surface area contributed by atoms with Gasteiger partial charge in [0, 0.05) is 21.9 Å². The zero-order valence-electron chi connectivity index (χ0n) is 24.4. The fourth-order valence-corrected chi connectivity index (χ4v) is 6.53. The predicted molar refractivity (Wildman–Crippen MR) is 184 cm³/mol. The predicted octanol–water partition coefficient (Wildman–Crippen LogP) is 10.4. The highest BCUT2D eigenvalue weighted by atomic mass is 16.3. The lowest BCUT2D eigenvalue weighted by Crippen LogP contribution is -2.06.